The topological polar surface area (TPSA) is 18.5 Å². The van der Waals surface area contributed by atoms with Gasteiger partial charge in [0.2, 0.25) is 0 Å². The lowest BCUT2D eigenvalue weighted by atomic mass is 10.2. The molecule has 0 saturated heterocycles. The first-order chi connectivity index (χ1) is 7.48. The Kier molecular flexibility index (Phi) is 3.67. The van der Waals surface area contributed by atoms with Crippen LogP contribution in [0, 0.1) is 11.8 Å². The van der Waals surface area contributed by atoms with Gasteiger partial charge >= 0.3 is 6.18 Å². The average Bonchev–Trinajstić information content (AvgIpc) is 2.24. The summed E-state index contributed by atoms with van der Waals surface area (Å²) in [5.41, 5.74) is 0.0878. The van der Waals surface area contributed by atoms with E-state index in [-0.39, 0.29) is 17.1 Å². The van der Waals surface area contributed by atoms with Crippen molar-refractivity contribution in [2.24, 2.45) is 0 Å². The Morgan fingerprint density at radius 2 is 1.56 bits per heavy atom. The fourth-order valence-corrected chi connectivity index (χ4v) is 1.11. The summed E-state index contributed by atoms with van der Waals surface area (Å²) in [6, 6.07) is 4.64. The second-order valence-corrected chi connectivity index (χ2v) is 2.79. The number of benzene rings is 1. The molecule has 16 heavy (non-hydrogen) atoms. The highest BCUT2D eigenvalue weighted by molar-refractivity contribution is 5.55. The van der Waals surface area contributed by atoms with Gasteiger partial charge in [0, 0.05) is 5.92 Å². The van der Waals surface area contributed by atoms with Crippen LogP contribution in [0.2, 0.25) is 0 Å². The molecule has 2 nitrogen and oxygen atoms in total. The Balaban J connectivity index is 3.23. The van der Waals surface area contributed by atoms with Crippen molar-refractivity contribution in [2.75, 3.05) is 14.2 Å². The number of methoxy groups -OCH3 is 2. The Morgan fingerprint density at radius 3 is 1.94 bits per heavy atom. The van der Waals surface area contributed by atoms with Gasteiger partial charge in [0.15, 0.2) is 0 Å². The van der Waals surface area contributed by atoms with Gasteiger partial charge in [-0.1, -0.05) is 12.0 Å². The fraction of sp³-hybridized carbons (Fsp3) is 0.273. The van der Waals surface area contributed by atoms with E-state index in [9.17, 15) is 13.2 Å². The van der Waals surface area contributed by atoms with Gasteiger partial charge < -0.3 is 9.47 Å². The standard InChI is InChI=1S/C11H9F3O2/c1-15-9-4-3-5-10(16-2)8(9)6-7-11(12,13)14/h3-5H,1-2H3. The Hall–Kier alpha value is -1.83. The van der Waals surface area contributed by atoms with E-state index in [4.69, 9.17) is 9.47 Å². The van der Waals surface area contributed by atoms with Crippen LogP contribution >= 0.6 is 0 Å². The number of ether oxygens (including phenoxy) is 2. The molecule has 0 amide bonds. The molecule has 86 valence electrons. The molecular formula is C11H9F3O2. The maximum absolute atomic E-state index is 12.0. The summed E-state index contributed by atoms with van der Waals surface area (Å²) in [4.78, 5) is 0. The molecule has 0 heterocycles. The highest BCUT2D eigenvalue weighted by Gasteiger charge is 2.23. The zero-order valence-electron chi connectivity index (χ0n) is 8.68. The summed E-state index contributed by atoms with van der Waals surface area (Å²) < 4.78 is 45.7. The van der Waals surface area contributed by atoms with Crippen LogP contribution in [0.4, 0.5) is 13.2 Å². The predicted molar refractivity (Wildman–Crippen MR) is 52.5 cm³/mol. The zero-order valence-corrected chi connectivity index (χ0v) is 8.68. The Labute approximate surface area is 91.0 Å². The number of rotatable bonds is 2. The molecule has 1 aromatic rings. The van der Waals surface area contributed by atoms with Gasteiger partial charge in [-0.25, -0.2) is 0 Å². The molecule has 1 rings (SSSR count). The van der Waals surface area contributed by atoms with Gasteiger partial charge in [-0.05, 0) is 12.1 Å². The van der Waals surface area contributed by atoms with Crippen LogP contribution in [0.25, 0.3) is 0 Å². The van der Waals surface area contributed by atoms with E-state index in [1.165, 1.54) is 32.3 Å². The normalized spacial score (nSPS) is 10.3. The molecule has 5 heteroatoms. The third kappa shape index (κ3) is 3.09. The molecule has 0 aromatic heterocycles. The number of halogens is 3. The lowest BCUT2D eigenvalue weighted by molar-refractivity contribution is -0.0696. The van der Waals surface area contributed by atoms with Gasteiger partial charge in [-0.2, -0.15) is 13.2 Å². The Bertz CT molecular complexity index is 405. The molecule has 0 aliphatic rings. The minimum Gasteiger partial charge on any atom is -0.495 e. The third-order valence-electron chi connectivity index (χ3n) is 1.76. The predicted octanol–water partition coefficient (Wildman–Crippen LogP) is 2.62. The van der Waals surface area contributed by atoms with E-state index in [1.54, 1.807) is 6.07 Å². The average molecular weight is 230 g/mol. The van der Waals surface area contributed by atoms with Crippen LogP contribution in [0.1, 0.15) is 5.56 Å². The Morgan fingerprint density at radius 1 is 1.06 bits per heavy atom. The zero-order chi connectivity index (χ0) is 12.2. The minimum absolute atomic E-state index is 0.0878. The van der Waals surface area contributed by atoms with E-state index >= 15 is 0 Å². The van der Waals surface area contributed by atoms with Crippen molar-refractivity contribution in [2.45, 2.75) is 6.18 Å². The summed E-state index contributed by atoms with van der Waals surface area (Å²) in [5.74, 6) is 3.67. The maximum Gasteiger partial charge on any atom is 0.458 e. The van der Waals surface area contributed by atoms with E-state index in [0.717, 1.165) is 0 Å². The maximum atomic E-state index is 12.0. The van der Waals surface area contributed by atoms with Crippen molar-refractivity contribution in [1.29, 1.82) is 0 Å². The van der Waals surface area contributed by atoms with Crippen LogP contribution in [0.3, 0.4) is 0 Å². The second kappa shape index (κ2) is 4.79. The van der Waals surface area contributed by atoms with E-state index in [1.807, 2.05) is 5.92 Å². The van der Waals surface area contributed by atoms with Gasteiger partial charge in [-0.15, -0.1) is 0 Å². The van der Waals surface area contributed by atoms with E-state index in [0.29, 0.717) is 0 Å². The van der Waals surface area contributed by atoms with Gasteiger partial charge in [-0.3, -0.25) is 0 Å². The summed E-state index contributed by atoms with van der Waals surface area (Å²) in [6.45, 7) is 0. The van der Waals surface area contributed by atoms with Crippen LogP contribution in [0.15, 0.2) is 18.2 Å². The number of hydrogen-bond donors (Lipinski definition) is 0. The van der Waals surface area contributed by atoms with Crippen molar-refractivity contribution >= 4 is 0 Å². The first-order valence-electron chi connectivity index (χ1n) is 4.29. The third-order valence-corrected chi connectivity index (χ3v) is 1.76. The van der Waals surface area contributed by atoms with Crippen LogP contribution in [-0.2, 0) is 0 Å². The molecule has 0 aliphatic carbocycles. The molecule has 0 fully saturated rings. The van der Waals surface area contributed by atoms with Crippen LogP contribution in [-0.4, -0.2) is 20.4 Å². The molecule has 0 bridgehead atoms. The van der Waals surface area contributed by atoms with Crippen molar-refractivity contribution in [3.05, 3.63) is 23.8 Å². The first kappa shape index (κ1) is 12.2. The molecule has 0 spiro atoms. The minimum atomic E-state index is -4.54. The van der Waals surface area contributed by atoms with E-state index in [2.05, 4.69) is 0 Å². The van der Waals surface area contributed by atoms with Crippen LogP contribution in [0.5, 0.6) is 11.5 Å². The molecule has 1 aromatic carbocycles. The number of hydrogen-bond acceptors (Lipinski definition) is 2. The molecule has 0 aliphatic heterocycles. The molecule has 0 atom stereocenters. The second-order valence-electron chi connectivity index (χ2n) is 2.79. The number of alkyl halides is 3. The summed E-state index contributed by atoms with van der Waals surface area (Å²) in [6.07, 6.45) is -4.54. The summed E-state index contributed by atoms with van der Waals surface area (Å²) in [7, 11) is 2.71. The lowest BCUT2D eigenvalue weighted by Crippen LogP contribution is -2.02. The molecule has 0 saturated carbocycles. The summed E-state index contributed by atoms with van der Waals surface area (Å²) >= 11 is 0. The lowest BCUT2D eigenvalue weighted by Gasteiger charge is -2.07. The van der Waals surface area contributed by atoms with E-state index < -0.39 is 6.18 Å². The molecule has 0 N–H and O–H groups in total. The quantitative estimate of drug-likeness (QED) is 0.727. The fourth-order valence-electron chi connectivity index (χ4n) is 1.11. The van der Waals surface area contributed by atoms with Crippen molar-refractivity contribution in [3.8, 4) is 23.3 Å². The van der Waals surface area contributed by atoms with Crippen molar-refractivity contribution < 1.29 is 22.6 Å². The highest BCUT2D eigenvalue weighted by atomic mass is 19.4. The van der Waals surface area contributed by atoms with Gasteiger partial charge in [0.1, 0.15) is 17.1 Å². The summed E-state index contributed by atoms with van der Waals surface area (Å²) in [5, 5.41) is 0. The first-order valence-corrected chi connectivity index (χ1v) is 4.29. The smallest absolute Gasteiger partial charge is 0.458 e. The monoisotopic (exact) mass is 230 g/mol. The molecular weight excluding hydrogens is 221 g/mol. The largest absolute Gasteiger partial charge is 0.495 e. The highest BCUT2D eigenvalue weighted by Crippen LogP contribution is 2.27. The SMILES string of the molecule is COc1cccc(OC)c1C#CC(F)(F)F. The van der Waals surface area contributed by atoms with Crippen molar-refractivity contribution in [3.63, 3.8) is 0 Å². The van der Waals surface area contributed by atoms with Gasteiger partial charge in [0.25, 0.3) is 0 Å². The van der Waals surface area contributed by atoms with Gasteiger partial charge in [0.05, 0.1) is 14.2 Å². The molecule has 0 unspecified atom stereocenters. The van der Waals surface area contributed by atoms with Crippen LogP contribution < -0.4 is 9.47 Å². The van der Waals surface area contributed by atoms with Crippen molar-refractivity contribution in [1.82, 2.24) is 0 Å². The molecule has 0 radical (unpaired) electrons.